The number of hydrogen-bond donors (Lipinski definition) is 1. The van der Waals surface area contributed by atoms with Gasteiger partial charge in [0, 0.05) is 19.0 Å². The van der Waals surface area contributed by atoms with E-state index >= 15 is 0 Å². The molecule has 1 saturated carbocycles. The number of benzene rings is 1. The van der Waals surface area contributed by atoms with E-state index in [1.165, 1.54) is 12.1 Å². The van der Waals surface area contributed by atoms with Gasteiger partial charge in [-0.1, -0.05) is 12.1 Å². The van der Waals surface area contributed by atoms with Crippen molar-refractivity contribution in [1.82, 2.24) is 10.2 Å². The summed E-state index contributed by atoms with van der Waals surface area (Å²) < 4.78 is 37.8. The van der Waals surface area contributed by atoms with Crippen LogP contribution in [-0.2, 0) is 15.8 Å². The maximum atomic E-state index is 12.7. The second kappa shape index (κ2) is 5.50. The standard InChI is InChI=1S/C17H19F3N2O2/c1-16(2)15(24)21-7-8-22(16)14(23)13-9-12(13)10-3-5-11(6-4-10)17(18,19)20/h3-6,12-13H,7-9H2,1-2H3,(H,21,24)/t12-,13+/m0/s1. The monoisotopic (exact) mass is 340 g/mol. The Hall–Kier alpha value is -2.05. The summed E-state index contributed by atoms with van der Waals surface area (Å²) in [5.74, 6) is -0.610. The third-order valence-electron chi connectivity index (χ3n) is 4.89. The predicted molar refractivity (Wildman–Crippen MR) is 81.1 cm³/mol. The molecule has 4 nitrogen and oxygen atoms in total. The molecule has 0 spiro atoms. The van der Waals surface area contributed by atoms with Crippen molar-refractivity contribution in [3.63, 3.8) is 0 Å². The SMILES string of the molecule is CC1(C)C(=O)NCCN1C(=O)[C@@H]1C[C@H]1c1ccc(C(F)(F)F)cc1. The molecule has 1 aromatic carbocycles. The fraction of sp³-hybridized carbons (Fsp3) is 0.529. The maximum absolute atomic E-state index is 12.7. The second-order valence-corrected chi connectivity index (χ2v) is 6.87. The molecule has 2 aliphatic rings. The van der Waals surface area contributed by atoms with Gasteiger partial charge in [0.15, 0.2) is 0 Å². The first-order chi connectivity index (χ1) is 11.1. The van der Waals surface area contributed by atoms with Crippen LogP contribution in [0.15, 0.2) is 24.3 Å². The predicted octanol–water partition coefficient (Wildman–Crippen LogP) is 2.55. The first kappa shape index (κ1) is 16.8. The van der Waals surface area contributed by atoms with Crippen molar-refractivity contribution in [3.05, 3.63) is 35.4 Å². The van der Waals surface area contributed by atoms with Gasteiger partial charge in [-0.3, -0.25) is 9.59 Å². The molecule has 130 valence electrons. The van der Waals surface area contributed by atoms with E-state index < -0.39 is 17.3 Å². The smallest absolute Gasteiger partial charge is 0.352 e. The Bertz CT molecular complexity index is 667. The van der Waals surface area contributed by atoms with Gasteiger partial charge in [0.25, 0.3) is 0 Å². The number of carbonyl (C=O) groups excluding carboxylic acids is 2. The van der Waals surface area contributed by atoms with E-state index in [1.807, 2.05) is 0 Å². The van der Waals surface area contributed by atoms with Gasteiger partial charge in [-0.2, -0.15) is 13.2 Å². The molecule has 1 aromatic rings. The number of carbonyl (C=O) groups is 2. The lowest BCUT2D eigenvalue weighted by molar-refractivity contribution is -0.150. The quantitative estimate of drug-likeness (QED) is 0.899. The number of nitrogens with one attached hydrogen (secondary N) is 1. The summed E-state index contributed by atoms with van der Waals surface area (Å²) in [4.78, 5) is 26.2. The van der Waals surface area contributed by atoms with Gasteiger partial charge in [0.2, 0.25) is 11.8 Å². The van der Waals surface area contributed by atoms with Crippen LogP contribution in [-0.4, -0.2) is 35.3 Å². The number of hydrogen-bond acceptors (Lipinski definition) is 2. The zero-order valence-corrected chi connectivity index (χ0v) is 13.5. The first-order valence-electron chi connectivity index (χ1n) is 7.89. The van der Waals surface area contributed by atoms with Crippen molar-refractivity contribution in [2.24, 2.45) is 5.92 Å². The minimum Gasteiger partial charge on any atom is -0.352 e. The lowest BCUT2D eigenvalue weighted by Gasteiger charge is -2.41. The summed E-state index contributed by atoms with van der Waals surface area (Å²) in [6.45, 7) is 4.28. The van der Waals surface area contributed by atoms with Crippen LogP contribution in [0.3, 0.4) is 0 Å². The van der Waals surface area contributed by atoms with Crippen LogP contribution in [0.4, 0.5) is 13.2 Å². The lowest BCUT2D eigenvalue weighted by atomic mass is 9.97. The molecule has 24 heavy (non-hydrogen) atoms. The average molecular weight is 340 g/mol. The van der Waals surface area contributed by atoms with Gasteiger partial charge in [-0.05, 0) is 43.9 Å². The zero-order valence-electron chi connectivity index (χ0n) is 13.5. The summed E-state index contributed by atoms with van der Waals surface area (Å²) in [5, 5.41) is 2.74. The molecular formula is C17H19F3N2O2. The molecule has 2 fully saturated rings. The summed E-state index contributed by atoms with van der Waals surface area (Å²) in [6.07, 6.45) is -3.75. The Morgan fingerprint density at radius 2 is 1.88 bits per heavy atom. The number of amides is 2. The molecule has 1 aliphatic carbocycles. The summed E-state index contributed by atoms with van der Waals surface area (Å²) in [7, 11) is 0. The Labute approximate surface area is 138 Å². The largest absolute Gasteiger partial charge is 0.416 e. The molecule has 3 rings (SSSR count). The molecule has 7 heteroatoms. The average Bonchev–Trinajstić information content (AvgIpc) is 3.29. The minimum atomic E-state index is -4.36. The van der Waals surface area contributed by atoms with Crippen LogP contribution >= 0.6 is 0 Å². The lowest BCUT2D eigenvalue weighted by Crippen LogP contribution is -2.63. The van der Waals surface area contributed by atoms with E-state index in [4.69, 9.17) is 0 Å². The van der Waals surface area contributed by atoms with Crippen molar-refractivity contribution in [2.45, 2.75) is 37.9 Å². The zero-order chi connectivity index (χ0) is 17.7. The van der Waals surface area contributed by atoms with Gasteiger partial charge >= 0.3 is 6.18 Å². The number of rotatable bonds is 2. The maximum Gasteiger partial charge on any atom is 0.416 e. The van der Waals surface area contributed by atoms with Gasteiger partial charge < -0.3 is 10.2 Å². The molecule has 0 bridgehead atoms. The van der Waals surface area contributed by atoms with E-state index in [-0.39, 0.29) is 23.7 Å². The van der Waals surface area contributed by atoms with Crippen molar-refractivity contribution in [3.8, 4) is 0 Å². The molecule has 0 unspecified atom stereocenters. The molecule has 0 aromatic heterocycles. The first-order valence-corrected chi connectivity index (χ1v) is 7.89. The summed E-state index contributed by atoms with van der Waals surface area (Å²) >= 11 is 0. The van der Waals surface area contributed by atoms with E-state index in [9.17, 15) is 22.8 Å². The normalized spacial score (nSPS) is 26.0. The van der Waals surface area contributed by atoms with Crippen LogP contribution in [0.1, 0.15) is 37.3 Å². The third-order valence-corrected chi connectivity index (χ3v) is 4.89. The van der Waals surface area contributed by atoms with Crippen LogP contribution in [0.2, 0.25) is 0 Å². The van der Waals surface area contributed by atoms with Crippen molar-refractivity contribution >= 4 is 11.8 Å². The van der Waals surface area contributed by atoms with Crippen LogP contribution in [0.5, 0.6) is 0 Å². The van der Waals surface area contributed by atoms with E-state index in [1.54, 1.807) is 18.7 Å². The molecule has 1 saturated heterocycles. The van der Waals surface area contributed by atoms with Gasteiger partial charge in [0.05, 0.1) is 5.56 Å². The molecule has 1 heterocycles. The molecule has 2 atom stereocenters. The van der Waals surface area contributed by atoms with E-state index in [0.717, 1.165) is 17.7 Å². The Kier molecular flexibility index (Phi) is 3.85. The summed E-state index contributed by atoms with van der Waals surface area (Å²) in [6, 6.07) is 4.98. The van der Waals surface area contributed by atoms with Crippen molar-refractivity contribution in [1.29, 1.82) is 0 Å². The highest BCUT2D eigenvalue weighted by Gasteiger charge is 2.50. The highest BCUT2D eigenvalue weighted by Crippen LogP contribution is 2.49. The molecule has 1 aliphatic heterocycles. The Morgan fingerprint density at radius 1 is 1.25 bits per heavy atom. The van der Waals surface area contributed by atoms with Crippen LogP contribution < -0.4 is 5.32 Å². The molecule has 2 amide bonds. The second-order valence-electron chi connectivity index (χ2n) is 6.87. The Balaban J connectivity index is 1.71. The molecule has 1 N–H and O–H groups in total. The van der Waals surface area contributed by atoms with Gasteiger partial charge in [-0.25, -0.2) is 0 Å². The van der Waals surface area contributed by atoms with Gasteiger partial charge in [0.1, 0.15) is 5.54 Å². The highest BCUT2D eigenvalue weighted by molar-refractivity contribution is 5.93. The van der Waals surface area contributed by atoms with Crippen molar-refractivity contribution in [2.75, 3.05) is 13.1 Å². The Morgan fingerprint density at radius 3 is 2.46 bits per heavy atom. The summed E-state index contributed by atoms with van der Waals surface area (Å²) in [5.41, 5.74) is -0.855. The van der Waals surface area contributed by atoms with E-state index in [2.05, 4.69) is 5.32 Å². The number of halogens is 3. The van der Waals surface area contributed by atoms with Gasteiger partial charge in [-0.15, -0.1) is 0 Å². The fourth-order valence-electron chi connectivity index (χ4n) is 3.24. The van der Waals surface area contributed by atoms with E-state index in [0.29, 0.717) is 19.5 Å². The molecule has 0 radical (unpaired) electrons. The van der Waals surface area contributed by atoms with Crippen molar-refractivity contribution < 1.29 is 22.8 Å². The van der Waals surface area contributed by atoms with Crippen LogP contribution in [0.25, 0.3) is 0 Å². The topological polar surface area (TPSA) is 49.4 Å². The minimum absolute atomic E-state index is 0.0689. The third kappa shape index (κ3) is 2.87. The van der Waals surface area contributed by atoms with Crippen LogP contribution in [0, 0.1) is 5.92 Å². The fourth-order valence-corrected chi connectivity index (χ4v) is 3.24. The number of nitrogens with zero attached hydrogens (tertiary/aromatic N) is 1. The molecular weight excluding hydrogens is 321 g/mol. The highest BCUT2D eigenvalue weighted by atomic mass is 19.4. The number of alkyl halides is 3. The number of piperazine rings is 1.